The van der Waals surface area contributed by atoms with Gasteiger partial charge in [0.1, 0.15) is 0 Å². The molecule has 0 bridgehead atoms. The van der Waals surface area contributed by atoms with Gasteiger partial charge in [0.15, 0.2) is 0 Å². The van der Waals surface area contributed by atoms with Crippen LogP contribution >= 0.6 is 0 Å². The Hall–Kier alpha value is -2.36. The molecule has 0 saturated heterocycles. The normalized spacial score (nSPS) is 21.7. The fraction of sp³-hybridized carbons (Fsp3) is 0.368. The molecule has 0 spiro atoms. The van der Waals surface area contributed by atoms with Gasteiger partial charge in [0.05, 0.1) is 30.4 Å². The number of benzene rings is 1. The van der Waals surface area contributed by atoms with Gasteiger partial charge < -0.3 is 4.74 Å². The van der Waals surface area contributed by atoms with E-state index in [2.05, 4.69) is 12.1 Å². The Labute approximate surface area is 132 Å². The summed E-state index contributed by atoms with van der Waals surface area (Å²) in [7, 11) is 0. The van der Waals surface area contributed by atoms with Crippen molar-refractivity contribution in [3.05, 3.63) is 59.7 Å². The molecule has 1 aliphatic carbocycles. The highest BCUT2D eigenvalue weighted by Gasteiger charge is 2.19. The van der Waals surface area contributed by atoms with Crippen molar-refractivity contribution in [3.63, 3.8) is 0 Å². The third-order valence-corrected chi connectivity index (χ3v) is 3.95. The average molecular weight is 292 g/mol. The van der Waals surface area contributed by atoms with Gasteiger partial charge in [0.2, 0.25) is 0 Å². The van der Waals surface area contributed by atoms with Gasteiger partial charge in [-0.3, -0.25) is 0 Å². The number of hydrogen-bond donors (Lipinski definition) is 0. The lowest BCUT2D eigenvalue weighted by Gasteiger charge is -2.26. The second-order valence-corrected chi connectivity index (χ2v) is 5.53. The first-order valence-electron chi connectivity index (χ1n) is 7.65. The molecular formula is C19H20N2O. The molecule has 3 nitrogen and oxygen atoms in total. The van der Waals surface area contributed by atoms with Crippen LogP contribution in [0.2, 0.25) is 0 Å². The van der Waals surface area contributed by atoms with Crippen molar-refractivity contribution < 1.29 is 4.74 Å². The van der Waals surface area contributed by atoms with Crippen LogP contribution < -0.4 is 0 Å². The molecule has 0 heterocycles. The van der Waals surface area contributed by atoms with E-state index in [-0.39, 0.29) is 0 Å². The van der Waals surface area contributed by atoms with Gasteiger partial charge in [-0.05, 0) is 49.3 Å². The van der Waals surface area contributed by atoms with Crippen molar-refractivity contribution in [3.8, 4) is 12.1 Å². The molecule has 0 N–H and O–H groups in total. The number of allylic oxidation sites excluding steroid dienone is 4. The summed E-state index contributed by atoms with van der Waals surface area (Å²) in [5.74, 6) is 0.595. The molecule has 0 radical (unpaired) electrons. The van der Waals surface area contributed by atoms with Crippen LogP contribution in [0.5, 0.6) is 0 Å². The zero-order chi connectivity index (χ0) is 15.6. The molecule has 3 heteroatoms. The van der Waals surface area contributed by atoms with Crippen LogP contribution in [-0.2, 0) is 11.3 Å². The number of hydrogen-bond acceptors (Lipinski definition) is 3. The van der Waals surface area contributed by atoms with E-state index < -0.39 is 0 Å². The van der Waals surface area contributed by atoms with E-state index in [0.717, 1.165) is 31.2 Å². The van der Waals surface area contributed by atoms with E-state index in [1.165, 1.54) is 6.08 Å². The third-order valence-electron chi connectivity index (χ3n) is 3.95. The van der Waals surface area contributed by atoms with Crippen molar-refractivity contribution >= 4 is 0 Å². The van der Waals surface area contributed by atoms with Gasteiger partial charge in [-0.1, -0.05) is 30.4 Å². The third kappa shape index (κ3) is 5.20. The highest BCUT2D eigenvalue weighted by molar-refractivity contribution is 5.31. The zero-order valence-electron chi connectivity index (χ0n) is 12.6. The molecule has 0 unspecified atom stereocenters. The second-order valence-electron chi connectivity index (χ2n) is 5.53. The van der Waals surface area contributed by atoms with Gasteiger partial charge >= 0.3 is 0 Å². The first kappa shape index (κ1) is 16.0. The molecule has 0 atom stereocenters. The van der Waals surface area contributed by atoms with Gasteiger partial charge in [0.25, 0.3) is 0 Å². The molecule has 1 saturated carbocycles. The lowest BCUT2D eigenvalue weighted by atomic mass is 9.87. The minimum absolute atomic E-state index is 0.329. The summed E-state index contributed by atoms with van der Waals surface area (Å²) in [6.45, 7) is 0.613. The van der Waals surface area contributed by atoms with E-state index in [0.29, 0.717) is 24.2 Å². The van der Waals surface area contributed by atoms with E-state index in [4.69, 9.17) is 15.3 Å². The molecule has 22 heavy (non-hydrogen) atoms. The van der Waals surface area contributed by atoms with Gasteiger partial charge in [-0.2, -0.15) is 10.5 Å². The quantitative estimate of drug-likeness (QED) is 0.601. The molecule has 0 aliphatic heterocycles. The Kier molecular flexibility index (Phi) is 6.42. The fourth-order valence-electron chi connectivity index (χ4n) is 2.66. The van der Waals surface area contributed by atoms with Crippen LogP contribution in [0.4, 0.5) is 0 Å². The highest BCUT2D eigenvalue weighted by Crippen LogP contribution is 2.27. The van der Waals surface area contributed by atoms with E-state index in [9.17, 15) is 0 Å². The van der Waals surface area contributed by atoms with Crippen molar-refractivity contribution in [2.24, 2.45) is 5.92 Å². The summed E-state index contributed by atoms with van der Waals surface area (Å²) < 4.78 is 5.97. The molecular weight excluding hydrogens is 272 g/mol. The topological polar surface area (TPSA) is 56.8 Å². The average Bonchev–Trinajstić information content (AvgIpc) is 2.58. The maximum Gasteiger partial charge on any atom is 0.0991 e. The largest absolute Gasteiger partial charge is 0.374 e. The predicted octanol–water partition coefficient (Wildman–Crippen LogP) is 4.27. The summed E-state index contributed by atoms with van der Waals surface area (Å²) in [5, 5.41) is 17.2. The van der Waals surface area contributed by atoms with Crippen LogP contribution in [0, 0.1) is 28.6 Å². The maximum atomic E-state index is 8.77. The molecule has 2 rings (SSSR count). The van der Waals surface area contributed by atoms with Crippen LogP contribution in [-0.4, -0.2) is 6.10 Å². The van der Waals surface area contributed by atoms with Crippen molar-refractivity contribution in [1.29, 1.82) is 10.5 Å². The van der Waals surface area contributed by atoms with Gasteiger partial charge in [0, 0.05) is 6.08 Å². The minimum Gasteiger partial charge on any atom is -0.374 e. The molecule has 112 valence electrons. The number of rotatable bonds is 5. The lowest BCUT2D eigenvalue weighted by molar-refractivity contribution is 0.0110. The Morgan fingerprint density at radius 1 is 1.05 bits per heavy atom. The molecule has 1 aromatic rings. The second kappa shape index (κ2) is 8.82. The number of nitrogens with zero attached hydrogens (tertiary/aromatic N) is 2. The maximum absolute atomic E-state index is 8.77. The SMILES string of the molecule is N#C/C=C/C=C/C1CCC(OCc2ccc(C#N)cc2)CC1. The van der Waals surface area contributed by atoms with Crippen molar-refractivity contribution in [2.45, 2.75) is 38.4 Å². The highest BCUT2D eigenvalue weighted by atomic mass is 16.5. The van der Waals surface area contributed by atoms with Crippen LogP contribution in [0.1, 0.15) is 36.8 Å². The first-order chi connectivity index (χ1) is 10.8. The Morgan fingerprint density at radius 2 is 1.77 bits per heavy atom. The number of ether oxygens (including phenoxy) is 1. The van der Waals surface area contributed by atoms with Gasteiger partial charge in [-0.25, -0.2) is 0 Å². The molecule has 0 amide bonds. The zero-order valence-corrected chi connectivity index (χ0v) is 12.6. The monoisotopic (exact) mass is 292 g/mol. The molecule has 1 aromatic carbocycles. The Morgan fingerprint density at radius 3 is 2.41 bits per heavy atom. The summed E-state index contributed by atoms with van der Waals surface area (Å²) >= 11 is 0. The number of nitriles is 2. The van der Waals surface area contributed by atoms with Crippen LogP contribution in [0.25, 0.3) is 0 Å². The first-order valence-corrected chi connectivity index (χ1v) is 7.65. The summed E-state index contributed by atoms with van der Waals surface area (Å²) in [4.78, 5) is 0. The Bertz CT molecular complexity index is 594. The van der Waals surface area contributed by atoms with Crippen molar-refractivity contribution in [2.75, 3.05) is 0 Å². The Balaban J connectivity index is 1.71. The van der Waals surface area contributed by atoms with Crippen LogP contribution in [0.3, 0.4) is 0 Å². The van der Waals surface area contributed by atoms with E-state index in [1.54, 1.807) is 6.08 Å². The summed E-state index contributed by atoms with van der Waals surface area (Å²) in [6, 6.07) is 11.7. The smallest absolute Gasteiger partial charge is 0.0991 e. The van der Waals surface area contributed by atoms with Crippen LogP contribution in [0.15, 0.2) is 48.6 Å². The summed E-state index contributed by atoms with van der Waals surface area (Å²) in [5.41, 5.74) is 1.80. The predicted molar refractivity (Wildman–Crippen MR) is 85.6 cm³/mol. The molecule has 1 aliphatic rings. The van der Waals surface area contributed by atoms with Crippen molar-refractivity contribution in [1.82, 2.24) is 0 Å². The van der Waals surface area contributed by atoms with E-state index in [1.807, 2.05) is 36.4 Å². The molecule has 0 aromatic heterocycles. The van der Waals surface area contributed by atoms with Gasteiger partial charge in [-0.15, -0.1) is 0 Å². The lowest BCUT2D eigenvalue weighted by Crippen LogP contribution is -2.20. The molecule has 1 fully saturated rings. The standard InChI is InChI=1S/C19H20N2O/c20-13-3-1-2-4-16-9-11-19(12-10-16)22-15-18-7-5-17(14-21)6-8-18/h1-8,16,19H,9-12,15H2/b3-1+,4-2+. The minimum atomic E-state index is 0.329. The summed E-state index contributed by atoms with van der Waals surface area (Å²) in [6.07, 6.45) is 12.2. The van der Waals surface area contributed by atoms with E-state index >= 15 is 0 Å². The fourth-order valence-corrected chi connectivity index (χ4v) is 2.66.